The Bertz CT molecular complexity index is 418. The Morgan fingerprint density at radius 1 is 1.41 bits per heavy atom. The molecule has 3 N–H and O–H groups in total. The van der Waals surface area contributed by atoms with Gasteiger partial charge in [0.15, 0.2) is 6.61 Å². The third-order valence-corrected chi connectivity index (χ3v) is 1.94. The maximum atomic E-state index is 12.6. The van der Waals surface area contributed by atoms with Crippen LogP contribution in [-0.4, -0.2) is 17.7 Å². The van der Waals surface area contributed by atoms with Crippen LogP contribution < -0.4 is 10.5 Å². The zero-order chi connectivity index (χ0) is 13.1. The number of rotatable bonds is 4. The van der Waals surface area contributed by atoms with Crippen molar-refractivity contribution in [3.63, 3.8) is 0 Å². The molecule has 1 aromatic carbocycles. The molecule has 0 unspecified atom stereocenters. The molecular weight excluding hydrogens is 239 g/mol. The molecule has 17 heavy (non-hydrogen) atoms. The molecule has 0 amide bonds. The Morgan fingerprint density at radius 3 is 2.53 bits per heavy atom. The van der Waals surface area contributed by atoms with Gasteiger partial charge in [-0.3, -0.25) is 0 Å². The van der Waals surface area contributed by atoms with E-state index >= 15 is 0 Å². The van der Waals surface area contributed by atoms with Crippen molar-refractivity contribution in [3.05, 3.63) is 29.3 Å². The topological polar surface area (TPSA) is 72.5 Å². The minimum absolute atomic E-state index is 0.0394. The van der Waals surface area contributed by atoms with Gasteiger partial charge in [0.25, 0.3) is 0 Å². The monoisotopic (exact) mass is 249 g/mol. The lowest BCUT2D eigenvalue weighted by atomic mass is 10.1. The molecule has 94 valence electrons. The van der Waals surface area contributed by atoms with Gasteiger partial charge in [0.2, 0.25) is 0 Å². The van der Waals surface area contributed by atoms with Crippen LogP contribution in [0.5, 0.6) is 5.75 Å². The van der Waals surface area contributed by atoms with Gasteiger partial charge in [-0.05, 0) is 17.7 Å². The second-order valence-electron chi connectivity index (χ2n) is 3.21. The number of hydrogen-bond donors (Lipinski definition) is 2. The second-order valence-corrected chi connectivity index (χ2v) is 3.21. The first-order valence-corrected chi connectivity index (χ1v) is 4.59. The van der Waals surface area contributed by atoms with Gasteiger partial charge in [-0.25, -0.2) is 4.79 Å². The van der Waals surface area contributed by atoms with Gasteiger partial charge in [-0.2, -0.15) is 13.2 Å². The van der Waals surface area contributed by atoms with E-state index in [2.05, 4.69) is 4.74 Å². The highest BCUT2D eigenvalue weighted by molar-refractivity contribution is 5.68. The average Bonchev–Trinajstić information content (AvgIpc) is 2.24. The average molecular weight is 249 g/mol. The molecule has 1 aromatic rings. The highest BCUT2D eigenvalue weighted by atomic mass is 19.4. The maximum absolute atomic E-state index is 12.6. The molecule has 1 rings (SSSR count). The van der Waals surface area contributed by atoms with Crippen molar-refractivity contribution in [3.8, 4) is 5.75 Å². The Labute approximate surface area is 94.8 Å². The molecule has 0 aliphatic carbocycles. The Hall–Kier alpha value is -1.76. The molecule has 0 saturated carbocycles. The number of aliphatic carboxylic acids is 1. The van der Waals surface area contributed by atoms with Crippen molar-refractivity contribution in [2.24, 2.45) is 5.73 Å². The first kappa shape index (κ1) is 13.3. The van der Waals surface area contributed by atoms with Crippen molar-refractivity contribution in [1.82, 2.24) is 0 Å². The molecule has 0 spiro atoms. The van der Waals surface area contributed by atoms with Gasteiger partial charge in [-0.1, -0.05) is 6.07 Å². The zero-order valence-corrected chi connectivity index (χ0v) is 8.62. The molecule has 0 aliphatic rings. The van der Waals surface area contributed by atoms with Crippen LogP contribution in [0.3, 0.4) is 0 Å². The minimum Gasteiger partial charge on any atom is -0.481 e. The number of benzene rings is 1. The first-order valence-electron chi connectivity index (χ1n) is 4.59. The van der Waals surface area contributed by atoms with Gasteiger partial charge in [0.05, 0.1) is 5.56 Å². The van der Waals surface area contributed by atoms with Crippen LogP contribution in [0.15, 0.2) is 18.2 Å². The van der Waals surface area contributed by atoms with Crippen molar-refractivity contribution in [2.45, 2.75) is 12.7 Å². The highest BCUT2D eigenvalue weighted by Gasteiger charge is 2.34. The fourth-order valence-electron chi connectivity index (χ4n) is 1.19. The van der Waals surface area contributed by atoms with Crippen molar-refractivity contribution in [1.29, 1.82) is 0 Å². The van der Waals surface area contributed by atoms with E-state index in [9.17, 15) is 18.0 Å². The summed E-state index contributed by atoms with van der Waals surface area (Å²) >= 11 is 0. The number of carbonyl (C=O) groups is 1. The summed E-state index contributed by atoms with van der Waals surface area (Å²) in [4.78, 5) is 10.2. The summed E-state index contributed by atoms with van der Waals surface area (Å²) in [6, 6.07) is 3.26. The minimum atomic E-state index is -4.61. The lowest BCUT2D eigenvalue weighted by Crippen LogP contribution is -2.14. The van der Waals surface area contributed by atoms with E-state index in [-0.39, 0.29) is 6.54 Å². The van der Waals surface area contributed by atoms with Crippen molar-refractivity contribution < 1.29 is 27.8 Å². The first-order chi connectivity index (χ1) is 7.84. The highest BCUT2D eigenvalue weighted by Crippen LogP contribution is 2.36. The second kappa shape index (κ2) is 5.05. The van der Waals surface area contributed by atoms with E-state index in [1.807, 2.05) is 0 Å². The SMILES string of the molecule is NCc1ccc(OCC(=O)O)c(C(F)(F)F)c1. The van der Waals surface area contributed by atoms with Crippen LogP contribution in [0.2, 0.25) is 0 Å². The summed E-state index contributed by atoms with van der Waals surface area (Å²) in [5.41, 5.74) is 4.50. The standard InChI is InChI=1S/C10H10F3NO3/c11-10(12,13)7-3-6(4-14)1-2-8(7)17-5-9(15)16/h1-3H,4-5,14H2,(H,15,16). The van der Waals surface area contributed by atoms with Crippen LogP contribution in [0.4, 0.5) is 13.2 Å². The fourth-order valence-corrected chi connectivity index (χ4v) is 1.19. The molecule has 0 aromatic heterocycles. The third-order valence-electron chi connectivity index (χ3n) is 1.94. The van der Waals surface area contributed by atoms with E-state index in [4.69, 9.17) is 10.8 Å². The van der Waals surface area contributed by atoms with E-state index in [0.717, 1.165) is 12.1 Å². The Morgan fingerprint density at radius 2 is 2.06 bits per heavy atom. The Balaban J connectivity index is 3.07. The maximum Gasteiger partial charge on any atom is 0.419 e. The van der Waals surface area contributed by atoms with Crippen LogP contribution in [-0.2, 0) is 17.5 Å². The summed E-state index contributed by atoms with van der Waals surface area (Å²) in [5, 5.41) is 8.34. The summed E-state index contributed by atoms with van der Waals surface area (Å²) < 4.78 is 42.4. The summed E-state index contributed by atoms with van der Waals surface area (Å²) in [7, 11) is 0. The molecule has 0 atom stereocenters. The Kier molecular flexibility index (Phi) is 3.95. The fraction of sp³-hybridized carbons (Fsp3) is 0.300. The van der Waals surface area contributed by atoms with Gasteiger partial charge >= 0.3 is 12.1 Å². The van der Waals surface area contributed by atoms with Crippen LogP contribution in [0.25, 0.3) is 0 Å². The molecule has 0 saturated heterocycles. The number of nitrogens with two attached hydrogens (primary N) is 1. The van der Waals surface area contributed by atoms with E-state index in [0.29, 0.717) is 5.56 Å². The van der Waals surface area contributed by atoms with Gasteiger partial charge < -0.3 is 15.6 Å². The molecule has 7 heteroatoms. The van der Waals surface area contributed by atoms with Crippen molar-refractivity contribution >= 4 is 5.97 Å². The van der Waals surface area contributed by atoms with Crippen molar-refractivity contribution in [2.75, 3.05) is 6.61 Å². The number of ether oxygens (including phenoxy) is 1. The van der Waals surface area contributed by atoms with Gasteiger partial charge in [0, 0.05) is 6.54 Å². The molecule has 0 radical (unpaired) electrons. The molecule has 0 fully saturated rings. The zero-order valence-electron chi connectivity index (χ0n) is 8.62. The van der Waals surface area contributed by atoms with Gasteiger partial charge in [-0.15, -0.1) is 0 Å². The largest absolute Gasteiger partial charge is 0.481 e. The number of carboxylic acids is 1. The number of hydrogen-bond acceptors (Lipinski definition) is 3. The smallest absolute Gasteiger partial charge is 0.419 e. The van der Waals surface area contributed by atoms with Crippen LogP contribution in [0, 0.1) is 0 Å². The van der Waals surface area contributed by atoms with E-state index < -0.39 is 30.1 Å². The quantitative estimate of drug-likeness (QED) is 0.850. The summed E-state index contributed by atoms with van der Waals surface area (Å²) in [5.74, 6) is -1.86. The molecule has 0 bridgehead atoms. The van der Waals surface area contributed by atoms with Gasteiger partial charge in [0.1, 0.15) is 5.75 Å². The molecule has 4 nitrogen and oxygen atoms in total. The van der Waals surface area contributed by atoms with E-state index in [1.165, 1.54) is 6.07 Å². The lowest BCUT2D eigenvalue weighted by molar-refractivity contribution is -0.143. The predicted octanol–water partition coefficient (Wildman–Crippen LogP) is 1.63. The number of halogens is 3. The number of alkyl halides is 3. The summed E-state index contributed by atoms with van der Waals surface area (Å²) in [6.45, 7) is -0.868. The third kappa shape index (κ3) is 3.63. The predicted molar refractivity (Wildman–Crippen MR) is 52.5 cm³/mol. The van der Waals surface area contributed by atoms with E-state index in [1.54, 1.807) is 0 Å². The molecular formula is C10H10F3NO3. The normalized spacial score (nSPS) is 11.3. The van der Waals surface area contributed by atoms with Crippen LogP contribution >= 0.6 is 0 Å². The molecule has 0 aliphatic heterocycles. The molecule has 0 heterocycles. The number of carboxylic acid groups (broad SMARTS) is 1. The summed E-state index contributed by atoms with van der Waals surface area (Å²) in [6.07, 6.45) is -4.61. The van der Waals surface area contributed by atoms with Crippen LogP contribution in [0.1, 0.15) is 11.1 Å². The lowest BCUT2D eigenvalue weighted by Gasteiger charge is -2.14.